The number of aromatic nitrogens is 1. The van der Waals surface area contributed by atoms with E-state index in [9.17, 15) is 9.59 Å². The van der Waals surface area contributed by atoms with E-state index < -0.39 is 0 Å². The SMILES string of the molecule is CNC(=O)Nc1ccc2c(c1)C(=O)/C(=C/c1c(-c3ccc(CN(C)C)cc3)n(CCN3CCN(C)CC3)c3ccc(OC)cc13)O2. The van der Waals surface area contributed by atoms with Gasteiger partial charge in [0.2, 0.25) is 5.78 Å². The van der Waals surface area contributed by atoms with Crippen LogP contribution in [-0.2, 0) is 13.1 Å². The Morgan fingerprint density at radius 2 is 1.76 bits per heavy atom. The van der Waals surface area contributed by atoms with E-state index in [1.54, 1.807) is 32.4 Å². The number of carbonyl (C=O) groups excluding carboxylic acids is 2. The van der Waals surface area contributed by atoms with Gasteiger partial charge in [0, 0.05) is 75.0 Å². The van der Waals surface area contributed by atoms with Crippen LogP contribution in [0.4, 0.5) is 10.5 Å². The molecule has 1 aromatic heterocycles. The predicted octanol–water partition coefficient (Wildman–Crippen LogP) is 4.99. The third-order valence-electron chi connectivity index (χ3n) is 8.70. The number of methoxy groups -OCH3 is 1. The summed E-state index contributed by atoms with van der Waals surface area (Å²) < 4.78 is 14.2. The van der Waals surface area contributed by atoms with Crippen LogP contribution in [-0.4, -0.2) is 99.1 Å². The maximum atomic E-state index is 13.8. The zero-order valence-corrected chi connectivity index (χ0v) is 27.2. The number of nitrogens with one attached hydrogen (secondary N) is 2. The number of likely N-dealkylation sites (N-methyl/N-ethyl adjacent to an activating group) is 1. The van der Waals surface area contributed by atoms with E-state index >= 15 is 0 Å². The standard InChI is InChI=1S/C36H42N6O4/c1-37-36(44)38-26-10-13-32-30(20-26)35(43)33(46-32)22-29-28-21-27(45-5)11-12-31(28)42(19-18-41-16-14-40(4)15-17-41)34(29)25-8-6-24(7-9-25)23-39(2)3/h6-13,20-22H,14-19,23H2,1-5H3,(H2,37,38,44)/b33-22-. The fourth-order valence-electron chi connectivity index (χ4n) is 6.21. The number of hydrogen-bond acceptors (Lipinski definition) is 7. The molecule has 0 aliphatic carbocycles. The molecular formula is C36H42N6O4. The van der Waals surface area contributed by atoms with Gasteiger partial charge in [-0.25, -0.2) is 4.79 Å². The van der Waals surface area contributed by atoms with E-state index in [4.69, 9.17) is 9.47 Å². The van der Waals surface area contributed by atoms with Gasteiger partial charge in [0.05, 0.1) is 18.4 Å². The van der Waals surface area contributed by atoms with Crippen molar-refractivity contribution in [1.29, 1.82) is 0 Å². The van der Waals surface area contributed by atoms with Crippen molar-refractivity contribution in [2.24, 2.45) is 0 Å². The van der Waals surface area contributed by atoms with E-state index in [0.717, 1.165) is 79.3 Å². The molecule has 10 nitrogen and oxygen atoms in total. The van der Waals surface area contributed by atoms with Crippen molar-refractivity contribution < 1.29 is 19.1 Å². The Morgan fingerprint density at radius 3 is 2.46 bits per heavy atom. The summed E-state index contributed by atoms with van der Waals surface area (Å²) in [5, 5.41) is 6.24. The minimum Gasteiger partial charge on any atom is -0.497 e. The Balaban J connectivity index is 1.46. The zero-order chi connectivity index (χ0) is 32.4. The molecule has 2 aliphatic heterocycles. The maximum absolute atomic E-state index is 13.8. The number of carbonyl (C=O) groups is 2. The number of Topliss-reactive ketones (excluding diaryl/α,β-unsaturated/α-hetero) is 1. The molecule has 2 N–H and O–H groups in total. The molecule has 4 aromatic rings. The number of fused-ring (bicyclic) bond motifs is 2. The summed E-state index contributed by atoms with van der Waals surface area (Å²) in [6, 6.07) is 19.5. The van der Waals surface area contributed by atoms with Crippen LogP contribution in [0, 0.1) is 0 Å². The quantitative estimate of drug-likeness (QED) is 0.254. The Labute approximate surface area is 270 Å². The Morgan fingerprint density at radius 1 is 1.00 bits per heavy atom. The first-order valence-corrected chi connectivity index (χ1v) is 15.7. The molecule has 1 saturated heterocycles. The lowest BCUT2D eigenvalue weighted by Crippen LogP contribution is -2.45. The van der Waals surface area contributed by atoms with Crippen molar-refractivity contribution in [3.05, 3.63) is 83.1 Å². The van der Waals surface area contributed by atoms with Gasteiger partial charge in [-0.1, -0.05) is 24.3 Å². The third-order valence-corrected chi connectivity index (χ3v) is 8.70. The highest BCUT2D eigenvalue weighted by atomic mass is 16.5. The number of nitrogens with zero attached hydrogens (tertiary/aromatic N) is 4. The first kappa shape index (κ1) is 31.3. The van der Waals surface area contributed by atoms with Crippen molar-refractivity contribution in [1.82, 2.24) is 24.6 Å². The van der Waals surface area contributed by atoms with Gasteiger partial charge in [-0.2, -0.15) is 0 Å². The Bertz CT molecular complexity index is 1780. The summed E-state index contributed by atoms with van der Waals surface area (Å²) in [5.74, 6) is 1.20. The normalized spacial score (nSPS) is 16.2. The van der Waals surface area contributed by atoms with E-state index in [1.807, 2.05) is 18.2 Å². The molecule has 10 heteroatoms. The van der Waals surface area contributed by atoms with Gasteiger partial charge in [0.15, 0.2) is 5.76 Å². The molecule has 0 unspecified atom stereocenters. The monoisotopic (exact) mass is 622 g/mol. The number of rotatable bonds is 9. The number of urea groups is 1. The van der Waals surface area contributed by atoms with Crippen LogP contribution in [0.15, 0.2) is 66.4 Å². The summed E-state index contributed by atoms with van der Waals surface area (Å²) in [6.07, 6.45) is 1.87. The van der Waals surface area contributed by atoms with Gasteiger partial charge in [0.25, 0.3) is 0 Å². The molecule has 1 fully saturated rings. The fraction of sp³-hybridized carbons (Fsp3) is 0.333. The van der Waals surface area contributed by atoms with Crippen LogP contribution in [0.5, 0.6) is 11.5 Å². The van der Waals surface area contributed by atoms with Crippen LogP contribution in [0.25, 0.3) is 28.2 Å². The van der Waals surface area contributed by atoms with Crippen molar-refractivity contribution >= 4 is 34.5 Å². The van der Waals surface area contributed by atoms with Gasteiger partial charge in [-0.05, 0) is 74.7 Å². The van der Waals surface area contributed by atoms with Gasteiger partial charge >= 0.3 is 6.03 Å². The average molecular weight is 623 g/mol. The highest BCUT2D eigenvalue weighted by Crippen LogP contribution is 2.40. The van der Waals surface area contributed by atoms with Crippen LogP contribution in [0.2, 0.25) is 0 Å². The highest BCUT2D eigenvalue weighted by Gasteiger charge is 2.30. The Hall–Kier alpha value is -4.64. The average Bonchev–Trinajstić information content (AvgIpc) is 3.53. The molecule has 46 heavy (non-hydrogen) atoms. The minimum atomic E-state index is -0.360. The summed E-state index contributed by atoms with van der Waals surface area (Å²) in [5.41, 5.74) is 6.19. The molecule has 0 bridgehead atoms. The zero-order valence-electron chi connectivity index (χ0n) is 27.2. The molecule has 0 radical (unpaired) electrons. The molecule has 0 atom stereocenters. The lowest BCUT2D eigenvalue weighted by atomic mass is 10.0. The molecule has 0 saturated carbocycles. The second-order valence-corrected chi connectivity index (χ2v) is 12.2. The van der Waals surface area contributed by atoms with Gasteiger partial charge in [0.1, 0.15) is 11.5 Å². The number of benzene rings is 3. The maximum Gasteiger partial charge on any atom is 0.318 e. The minimum absolute atomic E-state index is 0.232. The smallest absolute Gasteiger partial charge is 0.318 e. The molecule has 3 aromatic carbocycles. The van der Waals surface area contributed by atoms with E-state index in [1.165, 1.54) is 5.56 Å². The third kappa shape index (κ3) is 6.50. The van der Waals surface area contributed by atoms with E-state index in [0.29, 0.717) is 17.0 Å². The summed E-state index contributed by atoms with van der Waals surface area (Å²) in [4.78, 5) is 32.7. The molecule has 3 heterocycles. The van der Waals surface area contributed by atoms with Crippen molar-refractivity contribution in [2.45, 2.75) is 13.1 Å². The van der Waals surface area contributed by atoms with Gasteiger partial charge in [-0.15, -0.1) is 0 Å². The molecule has 2 aliphatic rings. The molecule has 6 rings (SSSR count). The number of anilines is 1. The molecule has 2 amide bonds. The van der Waals surface area contributed by atoms with Crippen molar-refractivity contribution in [3.63, 3.8) is 0 Å². The first-order valence-electron chi connectivity index (χ1n) is 15.7. The molecule has 240 valence electrons. The van der Waals surface area contributed by atoms with Crippen LogP contribution < -0.4 is 20.1 Å². The number of amides is 2. The van der Waals surface area contributed by atoms with Crippen molar-refractivity contribution in [3.8, 4) is 22.8 Å². The molecule has 0 spiro atoms. The number of hydrogen-bond donors (Lipinski definition) is 2. The molecular weight excluding hydrogens is 580 g/mol. The topological polar surface area (TPSA) is 91.3 Å². The Kier molecular flexibility index (Phi) is 9.12. The summed E-state index contributed by atoms with van der Waals surface area (Å²) >= 11 is 0. The predicted molar refractivity (Wildman–Crippen MR) is 183 cm³/mol. The largest absolute Gasteiger partial charge is 0.497 e. The number of allylic oxidation sites excluding steroid dienone is 1. The number of ether oxygens (including phenoxy) is 2. The lowest BCUT2D eigenvalue weighted by molar-refractivity contribution is 0.101. The number of piperazine rings is 1. The second kappa shape index (κ2) is 13.4. The fourth-order valence-corrected chi connectivity index (χ4v) is 6.21. The van der Waals surface area contributed by atoms with Crippen LogP contribution in [0.3, 0.4) is 0 Å². The van der Waals surface area contributed by atoms with Gasteiger partial charge in [-0.3, -0.25) is 9.69 Å². The van der Waals surface area contributed by atoms with Crippen molar-refractivity contribution in [2.75, 3.05) is 73.3 Å². The van der Waals surface area contributed by atoms with Crippen LogP contribution >= 0.6 is 0 Å². The van der Waals surface area contributed by atoms with Gasteiger partial charge < -0.3 is 34.5 Å². The van der Waals surface area contributed by atoms with Crippen LogP contribution in [0.1, 0.15) is 21.5 Å². The second-order valence-electron chi connectivity index (χ2n) is 12.2. The van der Waals surface area contributed by atoms with E-state index in [-0.39, 0.29) is 17.6 Å². The first-order chi connectivity index (χ1) is 22.2. The van der Waals surface area contributed by atoms with E-state index in [2.05, 4.69) is 81.4 Å². The lowest BCUT2D eigenvalue weighted by Gasteiger charge is -2.32. The summed E-state index contributed by atoms with van der Waals surface area (Å²) in [7, 11) is 9.51. The highest BCUT2D eigenvalue weighted by molar-refractivity contribution is 6.16. The number of ketones is 1. The summed E-state index contributed by atoms with van der Waals surface area (Å²) in [6.45, 7) is 6.72.